The minimum absolute atomic E-state index is 0.0693. The molecule has 1 N–H and O–H groups in total. The zero-order valence-corrected chi connectivity index (χ0v) is 14.2. The van der Waals surface area contributed by atoms with Crippen molar-refractivity contribution in [3.05, 3.63) is 0 Å². The number of hydrogen-bond acceptors (Lipinski definition) is 1. The molecule has 1 rings (SSSR count). The highest BCUT2D eigenvalue weighted by atomic mass is 35.5. The molecule has 1 saturated carbocycles. The van der Waals surface area contributed by atoms with E-state index in [2.05, 4.69) is 26.1 Å². The molecule has 0 aromatic heterocycles. The molecule has 1 atom stereocenters. The van der Waals surface area contributed by atoms with Gasteiger partial charge in [-0.15, -0.1) is 11.6 Å². The van der Waals surface area contributed by atoms with E-state index in [1.165, 1.54) is 32.1 Å². The highest BCUT2D eigenvalue weighted by Crippen LogP contribution is 2.31. The van der Waals surface area contributed by atoms with Crippen molar-refractivity contribution in [2.45, 2.75) is 77.5 Å². The van der Waals surface area contributed by atoms with Gasteiger partial charge in [-0.2, -0.15) is 0 Å². The minimum atomic E-state index is 0.0693. The smallest absolute Gasteiger partial charge is 0.223 e. The lowest BCUT2D eigenvalue weighted by atomic mass is 9.79. The van der Waals surface area contributed by atoms with Gasteiger partial charge < -0.3 is 5.32 Å². The number of hydrogen-bond donors (Lipinski definition) is 1. The van der Waals surface area contributed by atoms with Crippen LogP contribution >= 0.6 is 11.6 Å². The average Bonchev–Trinajstić information content (AvgIpc) is 2.42. The topological polar surface area (TPSA) is 29.1 Å². The first-order valence-electron chi connectivity index (χ1n) is 8.44. The molecule has 1 aliphatic carbocycles. The highest BCUT2D eigenvalue weighted by molar-refractivity contribution is 6.20. The molecule has 1 aliphatic rings. The molecular formula is C17H32ClNO. The molecule has 0 spiro atoms. The van der Waals surface area contributed by atoms with Crippen LogP contribution in [-0.2, 0) is 4.79 Å². The van der Waals surface area contributed by atoms with Gasteiger partial charge in [0.25, 0.3) is 0 Å². The lowest BCUT2D eigenvalue weighted by Crippen LogP contribution is -2.36. The van der Waals surface area contributed by atoms with Gasteiger partial charge in [0.2, 0.25) is 5.91 Å². The van der Waals surface area contributed by atoms with E-state index in [4.69, 9.17) is 11.6 Å². The van der Waals surface area contributed by atoms with Gasteiger partial charge in [0.15, 0.2) is 0 Å². The minimum Gasteiger partial charge on any atom is -0.354 e. The number of carbonyl (C=O) groups is 1. The van der Waals surface area contributed by atoms with Crippen LogP contribution in [0.3, 0.4) is 0 Å². The van der Waals surface area contributed by atoms with Crippen LogP contribution in [0.5, 0.6) is 0 Å². The fourth-order valence-electron chi connectivity index (χ4n) is 3.16. The summed E-state index contributed by atoms with van der Waals surface area (Å²) in [4.78, 5) is 12.1. The third kappa shape index (κ3) is 6.97. The summed E-state index contributed by atoms with van der Waals surface area (Å²) in [5, 5.41) is 3.11. The van der Waals surface area contributed by atoms with Crippen molar-refractivity contribution in [3.63, 3.8) is 0 Å². The molecule has 0 heterocycles. The average molecular weight is 302 g/mol. The summed E-state index contributed by atoms with van der Waals surface area (Å²) in [6.07, 6.45) is 9.53. The number of nitrogens with one attached hydrogen (secondary N) is 1. The summed E-state index contributed by atoms with van der Waals surface area (Å²) < 4.78 is 0. The van der Waals surface area contributed by atoms with Crippen molar-refractivity contribution < 1.29 is 4.79 Å². The summed E-state index contributed by atoms with van der Waals surface area (Å²) in [6, 6.07) is 0. The second-order valence-corrected chi connectivity index (χ2v) is 7.45. The Labute approximate surface area is 130 Å². The first-order valence-corrected chi connectivity index (χ1v) is 8.88. The molecule has 0 radical (unpaired) electrons. The predicted octanol–water partition coefficient (Wildman–Crippen LogP) is 4.75. The zero-order valence-electron chi connectivity index (χ0n) is 13.5. The molecule has 1 amide bonds. The third-order valence-electron chi connectivity index (χ3n) is 4.41. The molecule has 0 aliphatic heterocycles. The predicted molar refractivity (Wildman–Crippen MR) is 87.1 cm³/mol. The zero-order chi connectivity index (χ0) is 15.0. The Morgan fingerprint density at radius 3 is 2.45 bits per heavy atom. The van der Waals surface area contributed by atoms with E-state index < -0.39 is 0 Å². The van der Waals surface area contributed by atoms with Crippen LogP contribution in [0.2, 0.25) is 0 Å². The van der Waals surface area contributed by atoms with Crippen LogP contribution in [0, 0.1) is 17.8 Å². The second-order valence-electron chi connectivity index (χ2n) is 6.83. The maximum Gasteiger partial charge on any atom is 0.223 e. The molecule has 1 unspecified atom stereocenters. The molecule has 3 heteroatoms. The maximum absolute atomic E-state index is 12.1. The third-order valence-corrected chi connectivity index (χ3v) is 4.74. The number of carbonyl (C=O) groups excluding carboxylic acids is 1. The van der Waals surface area contributed by atoms with Gasteiger partial charge in [-0.3, -0.25) is 4.79 Å². The SMILES string of the molecule is CCCCC1CCC(C(=O)NCC(Cl)CC(C)C)CC1. The van der Waals surface area contributed by atoms with E-state index in [-0.39, 0.29) is 17.2 Å². The van der Waals surface area contributed by atoms with E-state index in [1.807, 2.05) is 0 Å². The monoisotopic (exact) mass is 301 g/mol. The van der Waals surface area contributed by atoms with Gasteiger partial charge in [-0.05, 0) is 43.9 Å². The van der Waals surface area contributed by atoms with Gasteiger partial charge in [-0.25, -0.2) is 0 Å². The van der Waals surface area contributed by atoms with Crippen LogP contribution in [0.15, 0.2) is 0 Å². The van der Waals surface area contributed by atoms with Crippen molar-refractivity contribution in [2.75, 3.05) is 6.54 Å². The Kier molecular flexibility index (Phi) is 8.60. The quantitative estimate of drug-likeness (QED) is 0.644. The van der Waals surface area contributed by atoms with Crippen LogP contribution in [0.25, 0.3) is 0 Å². The Hall–Kier alpha value is -0.240. The van der Waals surface area contributed by atoms with E-state index in [0.29, 0.717) is 12.5 Å². The largest absolute Gasteiger partial charge is 0.354 e. The van der Waals surface area contributed by atoms with Gasteiger partial charge in [-0.1, -0.05) is 40.0 Å². The van der Waals surface area contributed by atoms with Crippen LogP contribution < -0.4 is 5.32 Å². The molecule has 1 fully saturated rings. The van der Waals surface area contributed by atoms with Crippen LogP contribution in [0.4, 0.5) is 0 Å². The van der Waals surface area contributed by atoms with Crippen molar-refractivity contribution in [3.8, 4) is 0 Å². The molecule has 2 nitrogen and oxygen atoms in total. The fraction of sp³-hybridized carbons (Fsp3) is 0.941. The molecular weight excluding hydrogens is 270 g/mol. The van der Waals surface area contributed by atoms with Gasteiger partial charge in [0.05, 0.1) is 5.38 Å². The molecule has 118 valence electrons. The molecule has 0 saturated heterocycles. The van der Waals surface area contributed by atoms with Gasteiger partial charge in [0.1, 0.15) is 0 Å². The van der Waals surface area contributed by atoms with Crippen LogP contribution in [-0.4, -0.2) is 17.8 Å². The normalized spacial score (nSPS) is 24.6. The number of halogens is 1. The fourth-order valence-corrected chi connectivity index (χ4v) is 3.59. The van der Waals surface area contributed by atoms with Crippen molar-refractivity contribution in [2.24, 2.45) is 17.8 Å². The first kappa shape index (κ1) is 17.8. The highest BCUT2D eigenvalue weighted by Gasteiger charge is 2.26. The van der Waals surface area contributed by atoms with Crippen molar-refractivity contribution in [1.82, 2.24) is 5.32 Å². The maximum atomic E-state index is 12.1. The van der Waals surface area contributed by atoms with Crippen molar-refractivity contribution in [1.29, 1.82) is 0 Å². The molecule has 20 heavy (non-hydrogen) atoms. The molecule has 0 bridgehead atoms. The lowest BCUT2D eigenvalue weighted by Gasteiger charge is -2.28. The van der Waals surface area contributed by atoms with Crippen molar-refractivity contribution >= 4 is 17.5 Å². The van der Waals surface area contributed by atoms with E-state index >= 15 is 0 Å². The number of amides is 1. The molecule has 0 aromatic carbocycles. The second kappa shape index (κ2) is 9.65. The Bertz CT molecular complexity index is 272. The van der Waals surface area contributed by atoms with E-state index in [9.17, 15) is 4.79 Å². The standard InChI is InChI=1S/C17H32ClNO/c1-4-5-6-14-7-9-15(10-8-14)17(20)19-12-16(18)11-13(2)3/h13-16H,4-12H2,1-3H3,(H,19,20). The Morgan fingerprint density at radius 1 is 1.25 bits per heavy atom. The first-order chi connectivity index (χ1) is 9.52. The van der Waals surface area contributed by atoms with E-state index in [1.54, 1.807) is 0 Å². The van der Waals surface area contributed by atoms with E-state index in [0.717, 1.165) is 25.2 Å². The lowest BCUT2D eigenvalue weighted by molar-refractivity contribution is -0.126. The summed E-state index contributed by atoms with van der Waals surface area (Å²) in [5.74, 6) is 1.91. The Balaban J connectivity index is 2.19. The van der Waals surface area contributed by atoms with Gasteiger partial charge >= 0.3 is 0 Å². The number of unbranched alkanes of at least 4 members (excludes halogenated alkanes) is 1. The van der Waals surface area contributed by atoms with Gasteiger partial charge in [0, 0.05) is 12.5 Å². The summed E-state index contributed by atoms with van der Waals surface area (Å²) in [7, 11) is 0. The summed E-state index contributed by atoms with van der Waals surface area (Å²) in [6.45, 7) is 7.19. The molecule has 0 aromatic rings. The number of alkyl halides is 1. The Morgan fingerprint density at radius 2 is 1.90 bits per heavy atom. The summed E-state index contributed by atoms with van der Waals surface area (Å²) in [5.41, 5.74) is 0. The summed E-state index contributed by atoms with van der Waals surface area (Å²) >= 11 is 6.22. The van der Waals surface area contributed by atoms with Crippen LogP contribution in [0.1, 0.15) is 72.1 Å². The number of rotatable bonds is 8.